The van der Waals surface area contributed by atoms with Gasteiger partial charge in [-0.3, -0.25) is 14.4 Å². The lowest BCUT2D eigenvalue weighted by atomic mass is 9.99. The molecule has 0 saturated heterocycles. The van der Waals surface area contributed by atoms with Gasteiger partial charge in [0.15, 0.2) is 0 Å². The lowest BCUT2D eigenvalue weighted by Gasteiger charge is -2.14. The van der Waals surface area contributed by atoms with E-state index < -0.39 is 17.8 Å². The van der Waals surface area contributed by atoms with Crippen molar-refractivity contribution in [3.63, 3.8) is 0 Å². The fraction of sp³-hybridized carbons (Fsp3) is 0.318. The monoisotopic (exact) mass is 398 g/mol. The predicted molar refractivity (Wildman–Crippen MR) is 110 cm³/mol. The second kappa shape index (κ2) is 10.8. The van der Waals surface area contributed by atoms with Crippen molar-refractivity contribution in [3.8, 4) is 5.75 Å². The quantitative estimate of drug-likeness (QED) is 0.570. The summed E-state index contributed by atoms with van der Waals surface area (Å²) in [6, 6.07) is 13.8. The van der Waals surface area contributed by atoms with Crippen LogP contribution >= 0.6 is 0 Å². The van der Waals surface area contributed by atoms with Crippen molar-refractivity contribution < 1.29 is 24.2 Å². The van der Waals surface area contributed by atoms with Gasteiger partial charge in [0.25, 0.3) is 5.91 Å². The highest BCUT2D eigenvalue weighted by molar-refractivity contribution is 5.97. The van der Waals surface area contributed by atoms with Gasteiger partial charge in [0.1, 0.15) is 5.75 Å². The molecule has 0 aliphatic rings. The molecule has 2 aromatic rings. The van der Waals surface area contributed by atoms with Gasteiger partial charge in [-0.1, -0.05) is 25.1 Å². The van der Waals surface area contributed by atoms with Crippen molar-refractivity contribution in [2.45, 2.75) is 26.7 Å². The van der Waals surface area contributed by atoms with E-state index in [1.807, 2.05) is 19.1 Å². The smallest absolute Gasteiger partial charge is 0.308 e. The Morgan fingerprint density at radius 1 is 1.07 bits per heavy atom. The first-order chi connectivity index (χ1) is 13.9. The highest BCUT2D eigenvalue weighted by atomic mass is 16.5. The van der Waals surface area contributed by atoms with E-state index in [0.717, 1.165) is 11.3 Å². The van der Waals surface area contributed by atoms with Gasteiger partial charge in [0.05, 0.1) is 12.5 Å². The molecule has 0 saturated carbocycles. The van der Waals surface area contributed by atoms with Crippen LogP contribution in [-0.4, -0.2) is 36.0 Å². The van der Waals surface area contributed by atoms with Crippen molar-refractivity contribution in [3.05, 3.63) is 59.7 Å². The van der Waals surface area contributed by atoms with Crippen LogP contribution < -0.4 is 15.4 Å². The van der Waals surface area contributed by atoms with Crippen LogP contribution in [0.3, 0.4) is 0 Å². The average molecular weight is 398 g/mol. The number of hydrogen-bond acceptors (Lipinski definition) is 4. The second-order valence-electron chi connectivity index (χ2n) is 6.51. The molecule has 7 heteroatoms. The van der Waals surface area contributed by atoms with Crippen LogP contribution in [0.15, 0.2) is 48.5 Å². The Bertz CT molecular complexity index is 849. The van der Waals surface area contributed by atoms with Gasteiger partial charge in [-0.2, -0.15) is 0 Å². The number of benzene rings is 2. The van der Waals surface area contributed by atoms with E-state index in [1.54, 1.807) is 43.3 Å². The van der Waals surface area contributed by atoms with Crippen LogP contribution in [0.2, 0.25) is 0 Å². The summed E-state index contributed by atoms with van der Waals surface area (Å²) in [6.45, 7) is 4.19. The van der Waals surface area contributed by atoms with E-state index in [2.05, 4.69) is 10.6 Å². The van der Waals surface area contributed by atoms with E-state index in [0.29, 0.717) is 24.3 Å². The minimum atomic E-state index is -0.983. The first kappa shape index (κ1) is 21.9. The molecule has 0 spiro atoms. The topological polar surface area (TPSA) is 105 Å². The van der Waals surface area contributed by atoms with E-state index in [4.69, 9.17) is 4.74 Å². The Hall–Kier alpha value is -3.35. The third-order valence-electron chi connectivity index (χ3n) is 4.30. The standard InChI is InChI=1S/C22H26N2O5/c1-3-20(25)24-18-7-5-6-16(13-18)21(26)23-14-17(22(27)28)12-15-8-10-19(11-9-15)29-4-2/h5-11,13,17H,3-4,12,14H2,1-2H3,(H,23,26)(H,24,25)(H,27,28). The van der Waals surface area contributed by atoms with E-state index in [9.17, 15) is 19.5 Å². The summed E-state index contributed by atoms with van der Waals surface area (Å²) in [6.07, 6.45) is 0.622. The molecule has 154 valence electrons. The molecular formula is C22H26N2O5. The molecule has 1 unspecified atom stereocenters. The Morgan fingerprint density at radius 3 is 2.41 bits per heavy atom. The molecule has 29 heavy (non-hydrogen) atoms. The van der Waals surface area contributed by atoms with Gasteiger partial charge in [-0.25, -0.2) is 0 Å². The van der Waals surface area contributed by atoms with Crippen LogP contribution in [0.5, 0.6) is 5.75 Å². The largest absolute Gasteiger partial charge is 0.494 e. The number of carbonyl (C=O) groups excluding carboxylic acids is 2. The van der Waals surface area contributed by atoms with E-state index in [-0.39, 0.29) is 18.9 Å². The highest BCUT2D eigenvalue weighted by Gasteiger charge is 2.19. The van der Waals surface area contributed by atoms with Crippen LogP contribution in [0.4, 0.5) is 5.69 Å². The Labute approximate surface area is 170 Å². The van der Waals surface area contributed by atoms with Crippen LogP contribution in [0.25, 0.3) is 0 Å². The van der Waals surface area contributed by atoms with Gasteiger partial charge >= 0.3 is 5.97 Å². The molecule has 7 nitrogen and oxygen atoms in total. The molecule has 1 atom stereocenters. The Morgan fingerprint density at radius 2 is 1.79 bits per heavy atom. The minimum Gasteiger partial charge on any atom is -0.494 e. The molecule has 3 N–H and O–H groups in total. The highest BCUT2D eigenvalue weighted by Crippen LogP contribution is 2.16. The number of aliphatic carboxylic acids is 1. The number of carbonyl (C=O) groups is 3. The Balaban J connectivity index is 1.97. The number of anilines is 1. The summed E-state index contributed by atoms with van der Waals surface area (Å²) in [5.74, 6) is -1.56. The third kappa shape index (κ3) is 6.95. The van der Waals surface area contributed by atoms with Gasteiger partial charge in [0.2, 0.25) is 5.91 Å². The molecular weight excluding hydrogens is 372 g/mol. The summed E-state index contributed by atoms with van der Waals surface area (Å²) in [4.78, 5) is 35.5. The third-order valence-corrected chi connectivity index (χ3v) is 4.30. The van der Waals surface area contributed by atoms with E-state index in [1.165, 1.54) is 0 Å². The first-order valence-electron chi connectivity index (χ1n) is 9.55. The predicted octanol–water partition coefficient (Wildman–Crippen LogP) is 3.11. The maximum atomic E-state index is 12.4. The van der Waals surface area contributed by atoms with Gasteiger partial charge in [-0.05, 0) is 49.2 Å². The number of hydrogen-bond donors (Lipinski definition) is 3. The molecule has 0 radical (unpaired) electrons. The molecule has 2 amide bonds. The van der Waals surface area contributed by atoms with Crippen LogP contribution in [0.1, 0.15) is 36.2 Å². The maximum absolute atomic E-state index is 12.4. The van der Waals surface area contributed by atoms with Crippen molar-refractivity contribution in [1.82, 2.24) is 5.32 Å². The summed E-state index contributed by atoms with van der Waals surface area (Å²) >= 11 is 0. The fourth-order valence-corrected chi connectivity index (χ4v) is 2.73. The van der Waals surface area contributed by atoms with Crippen LogP contribution in [0, 0.1) is 5.92 Å². The van der Waals surface area contributed by atoms with Gasteiger partial charge in [-0.15, -0.1) is 0 Å². The lowest BCUT2D eigenvalue weighted by molar-refractivity contribution is -0.141. The molecule has 0 heterocycles. The first-order valence-corrected chi connectivity index (χ1v) is 9.55. The van der Waals surface area contributed by atoms with Crippen molar-refractivity contribution in [1.29, 1.82) is 0 Å². The van der Waals surface area contributed by atoms with Crippen LogP contribution in [-0.2, 0) is 16.0 Å². The number of rotatable bonds is 10. The number of nitrogens with one attached hydrogen (secondary N) is 2. The number of ether oxygens (including phenoxy) is 1. The maximum Gasteiger partial charge on any atom is 0.308 e. The molecule has 0 aliphatic carbocycles. The molecule has 0 fully saturated rings. The average Bonchev–Trinajstić information content (AvgIpc) is 2.72. The zero-order chi connectivity index (χ0) is 21.2. The van der Waals surface area contributed by atoms with Crippen molar-refractivity contribution in [2.75, 3.05) is 18.5 Å². The van der Waals surface area contributed by atoms with E-state index >= 15 is 0 Å². The molecule has 2 rings (SSSR count). The zero-order valence-corrected chi connectivity index (χ0v) is 16.6. The number of amides is 2. The van der Waals surface area contributed by atoms with Gasteiger partial charge < -0.3 is 20.5 Å². The molecule has 2 aromatic carbocycles. The van der Waals surface area contributed by atoms with Crippen molar-refractivity contribution in [2.24, 2.45) is 5.92 Å². The summed E-state index contributed by atoms with van der Waals surface area (Å²) in [5.41, 5.74) is 1.72. The SMILES string of the molecule is CCOc1ccc(CC(CNC(=O)c2cccc(NC(=O)CC)c2)C(=O)O)cc1. The fourth-order valence-electron chi connectivity index (χ4n) is 2.73. The summed E-state index contributed by atoms with van der Waals surface area (Å²) in [5, 5.41) is 14.9. The summed E-state index contributed by atoms with van der Waals surface area (Å²) < 4.78 is 5.38. The zero-order valence-electron chi connectivity index (χ0n) is 16.6. The molecule has 0 aliphatic heterocycles. The Kier molecular flexibility index (Phi) is 8.21. The lowest BCUT2D eigenvalue weighted by Crippen LogP contribution is -2.34. The molecule has 0 aromatic heterocycles. The normalized spacial score (nSPS) is 11.4. The number of carboxylic acids is 1. The van der Waals surface area contributed by atoms with Crippen molar-refractivity contribution >= 4 is 23.5 Å². The number of carboxylic acid groups (broad SMARTS) is 1. The minimum absolute atomic E-state index is 0.00702. The second-order valence-corrected chi connectivity index (χ2v) is 6.51. The molecule has 0 bridgehead atoms. The summed E-state index contributed by atoms with van der Waals surface area (Å²) in [7, 11) is 0. The van der Waals surface area contributed by atoms with Gasteiger partial charge in [0, 0.05) is 24.2 Å².